The Bertz CT molecular complexity index is 1190. The molecule has 10 nitrogen and oxygen atoms in total. The van der Waals surface area contributed by atoms with Crippen molar-refractivity contribution in [3.63, 3.8) is 0 Å². The largest absolute Gasteiger partial charge is 0.497 e. The van der Waals surface area contributed by atoms with E-state index in [9.17, 15) is 14.4 Å². The molecule has 0 spiro atoms. The first-order chi connectivity index (χ1) is 19.7. The maximum atomic E-state index is 13.8. The van der Waals surface area contributed by atoms with E-state index in [4.69, 9.17) is 15.0 Å². The minimum absolute atomic E-state index is 0.180. The zero-order valence-electron chi connectivity index (χ0n) is 24.8. The lowest BCUT2D eigenvalue weighted by atomic mass is 9.82. The van der Waals surface area contributed by atoms with Gasteiger partial charge in [0.15, 0.2) is 5.69 Å². The topological polar surface area (TPSA) is 131 Å². The maximum Gasteiger partial charge on any atom is 0.276 e. The van der Waals surface area contributed by atoms with Gasteiger partial charge in [0.2, 0.25) is 5.91 Å². The van der Waals surface area contributed by atoms with Gasteiger partial charge in [0, 0.05) is 37.3 Å². The predicted octanol–water partition coefficient (Wildman–Crippen LogP) is 3.64. The Labute approximate surface area is 242 Å². The summed E-state index contributed by atoms with van der Waals surface area (Å²) in [4.78, 5) is 44.6. The van der Waals surface area contributed by atoms with Crippen LogP contribution in [-0.2, 0) is 4.79 Å². The minimum atomic E-state index is -0.714. The molecule has 0 radical (unpaired) electrons. The van der Waals surface area contributed by atoms with Crippen LogP contribution in [0.4, 0.5) is 0 Å². The lowest BCUT2D eigenvalue weighted by Gasteiger charge is -2.43. The number of ether oxygens (including phenoxy) is 1. The molecular formula is C31H45N5O5. The summed E-state index contributed by atoms with van der Waals surface area (Å²) < 4.78 is 10.5. The monoisotopic (exact) mass is 567 g/mol. The number of nitrogens with one attached hydrogen (secondary N) is 1. The number of nitrogens with zero attached hydrogens (tertiary/aromatic N) is 3. The highest BCUT2D eigenvalue weighted by Gasteiger charge is 2.40. The molecule has 3 amide bonds. The molecule has 41 heavy (non-hydrogen) atoms. The number of methoxy groups -OCH3 is 1. The smallest absolute Gasteiger partial charge is 0.276 e. The number of carbonyl (C=O) groups excluding carboxylic acids is 3. The number of aromatic nitrogens is 1. The summed E-state index contributed by atoms with van der Waals surface area (Å²) >= 11 is 0. The summed E-state index contributed by atoms with van der Waals surface area (Å²) in [7, 11) is 1.56. The molecule has 2 atom stereocenters. The summed E-state index contributed by atoms with van der Waals surface area (Å²) in [6, 6.07) is 7.69. The van der Waals surface area contributed by atoms with Crippen molar-refractivity contribution < 1.29 is 23.6 Å². The van der Waals surface area contributed by atoms with E-state index in [1.807, 2.05) is 4.90 Å². The van der Waals surface area contributed by atoms with E-state index in [-0.39, 0.29) is 35.4 Å². The minimum Gasteiger partial charge on any atom is -0.497 e. The molecule has 0 bridgehead atoms. The van der Waals surface area contributed by atoms with E-state index in [0.29, 0.717) is 67.9 Å². The van der Waals surface area contributed by atoms with E-state index >= 15 is 0 Å². The number of benzene rings is 1. The molecule has 1 saturated carbocycles. The third kappa shape index (κ3) is 7.67. The molecule has 224 valence electrons. The van der Waals surface area contributed by atoms with Gasteiger partial charge in [-0.1, -0.05) is 25.1 Å². The molecule has 3 N–H and O–H groups in total. The van der Waals surface area contributed by atoms with Crippen molar-refractivity contribution in [1.82, 2.24) is 20.3 Å². The summed E-state index contributed by atoms with van der Waals surface area (Å²) in [6.07, 6.45) is 5.13. The second-order valence-electron chi connectivity index (χ2n) is 12.0. The van der Waals surface area contributed by atoms with Crippen LogP contribution in [0.1, 0.15) is 79.0 Å². The molecule has 1 aromatic carbocycles. The number of hydrogen-bond donors (Lipinski definition) is 2. The standard InChI is InChI=1S/C31H45N5O5/c1-20(2)19-36(31(39)27-14-21(3)41-34-27)25-12-13-35(30(38)24-6-5-7-26(15-24)40-4)28(16-25)29(37)33-18-23-10-8-22(17-32)9-11-23/h5-7,14-15,20,22-23,25,28H,8-13,16-19,32H2,1-4H3,(H,33,37)/t22?,23?,25?,28-/m1/s1. The van der Waals surface area contributed by atoms with Crippen LogP contribution < -0.4 is 15.8 Å². The lowest BCUT2D eigenvalue weighted by molar-refractivity contribution is -0.127. The number of piperidine rings is 1. The molecular weight excluding hydrogens is 522 g/mol. The van der Waals surface area contributed by atoms with E-state index < -0.39 is 6.04 Å². The summed E-state index contributed by atoms with van der Waals surface area (Å²) in [6.45, 7) is 8.01. The first kappa shape index (κ1) is 30.6. The van der Waals surface area contributed by atoms with Crippen molar-refractivity contribution in [2.75, 3.05) is 33.3 Å². The summed E-state index contributed by atoms with van der Waals surface area (Å²) in [5.74, 6) is 1.70. The van der Waals surface area contributed by atoms with Gasteiger partial charge in [-0.2, -0.15) is 0 Å². The van der Waals surface area contributed by atoms with Gasteiger partial charge in [-0.05, 0) is 87.9 Å². The van der Waals surface area contributed by atoms with Gasteiger partial charge >= 0.3 is 0 Å². The van der Waals surface area contributed by atoms with Gasteiger partial charge in [-0.3, -0.25) is 14.4 Å². The Morgan fingerprint density at radius 3 is 2.51 bits per heavy atom. The van der Waals surface area contributed by atoms with E-state index in [1.54, 1.807) is 49.3 Å². The predicted molar refractivity (Wildman–Crippen MR) is 155 cm³/mol. The number of rotatable bonds is 10. The van der Waals surface area contributed by atoms with Crippen molar-refractivity contribution in [2.24, 2.45) is 23.5 Å². The Balaban J connectivity index is 1.55. The molecule has 2 fully saturated rings. The average Bonchev–Trinajstić information content (AvgIpc) is 3.44. The molecule has 1 aromatic heterocycles. The highest BCUT2D eigenvalue weighted by molar-refractivity contribution is 5.98. The Morgan fingerprint density at radius 1 is 1.15 bits per heavy atom. The zero-order valence-corrected chi connectivity index (χ0v) is 24.8. The van der Waals surface area contributed by atoms with Crippen molar-refractivity contribution in [3.05, 3.63) is 47.3 Å². The van der Waals surface area contributed by atoms with Gasteiger partial charge in [-0.15, -0.1) is 0 Å². The summed E-state index contributed by atoms with van der Waals surface area (Å²) in [5.41, 5.74) is 6.58. The third-order valence-electron chi connectivity index (χ3n) is 8.43. The Hall–Kier alpha value is -3.40. The van der Waals surface area contributed by atoms with Crippen molar-refractivity contribution in [3.8, 4) is 5.75 Å². The fourth-order valence-corrected chi connectivity index (χ4v) is 6.08. The van der Waals surface area contributed by atoms with Crippen LogP contribution >= 0.6 is 0 Å². The zero-order chi connectivity index (χ0) is 29.5. The Morgan fingerprint density at radius 2 is 1.88 bits per heavy atom. The van der Waals surface area contributed by atoms with Gasteiger partial charge in [0.05, 0.1) is 7.11 Å². The quantitative estimate of drug-likeness (QED) is 0.448. The first-order valence-electron chi connectivity index (χ1n) is 14.9. The van der Waals surface area contributed by atoms with Gasteiger partial charge < -0.3 is 30.1 Å². The third-order valence-corrected chi connectivity index (χ3v) is 8.43. The van der Waals surface area contributed by atoms with Crippen LogP contribution in [0.3, 0.4) is 0 Å². The summed E-state index contributed by atoms with van der Waals surface area (Å²) in [5, 5.41) is 7.11. The highest BCUT2D eigenvalue weighted by atomic mass is 16.5. The van der Waals surface area contributed by atoms with E-state index in [1.165, 1.54) is 0 Å². The molecule has 10 heteroatoms. The average molecular weight is 568 g/mol. The van der Waals surface area contributed by atoms with Crippen LogP contribution in [0.2, 0.25) is 0 Å². The van der Waals surface area contributed by atoms with Crippen LogP contribution in [0, 0.1) is 24.7 Å². The molecule has 1 aliphatic heterocycles. The number of carbonyl (C=O) groups is 3. The van der Waals surface area contributed by atoms with Gasteiger partial charge in [-0.25, -0.2) is 0 Å². The Kier molecular flexibility index (Phi) is 10.4. The maximum absolute atomic E-state index is 13.8. The van der Waals surface area contributed by atoms with Crippen LogP contribution in [0.15, 0.2) is 34.9 Å². The van der Waals surface area contributed by atoms with Crippen LogP contribution in [-0.4, -0.2) is 78.1 Å². The molecule has 1 saturated heterocycles. The molecule has 2 aromatic rings. The second kappa shape index (κ2) is 14.0. The highest BCUT2D eigenvalue weighted by Crippen LogP contribution is 2.29. The number of likely N-dealkylation sites (tertiary alicyclic amines) is 1. The van der Waals surface area contributed by atoms with Crippen LogP contribution in [0.5, 0.6) is 5.75 Å². The fourth-order valence-electron chi connectivity index (χ4n) is 6.08. The molecule has 4 rings (SSSR count). The lowest BCUT2D eigenvalue weighted by Crippen LogP contribution is -2.58. The van der Waals surface area contributed by atoms with Gasteiger partial charge in [0.25, 0.3) is 11.8 Å². The number of hydrogen-bond acceptors (Lipinski definition) is 7. The normalized spacial score (nSPS) is 22.8. The van der Waals surface area contributed by atoms with E-state index in [0.717, 1.165) is 25.7 Å². The number of nitrogens with two attached hydrogens (primary N) is 1. The first-order valence-corrected chi connectivity index (χ1v) is 14.9. The van der Waals surface area contributed by atoms with Crippen molar-refractivity contribution in [2.45, 2.75) is 71.4 Å². The van der Waals surface area contributed by atoms with Crippen molar-refractivity contribution >= 4 is 17.7 Å². The fraction of sp³-hybridized carbons (Fsp3) is 0.613. The molecule has 1 unspecified atom stereocenters. The molecule has 1 aliphatic carbocycles. The molecule has 2 heterocycles. The number of aryl methyl sites for hydroxylation is 1. The SMILES string of the molecule is COc1cccc(C(=O)N2CCC(N(CC(C)C)C(=O)c3cc(C)on3)C[C@@H]2C(=O)NCC2CCC(CN)CC2)c1. The van der Waals surface area contributed by atoms with Gasteiger partial charge in [0.1, 0.15) is 17.6 Å². The van der Waals surface area contributed by atoms with E-state index in [2.05, 4.69) is 24.3 Å². The van der Waals surface area contributed by atoms with Crippen LogP contribution in [0.25, 0.3) is 0 Å². The number of amides is 3. The second-order valence-corrected chi connectivity index (χ2v) is 12.0. The van der Waals surface area contributed by atoms with Crippen molar-refractivity contribution in [1.29, 1.82) is 0 Å². The molecule has 2 aliphatic rings.